The van der Waals surface area contributed by atoms with Crippen molar-refractivity contribution in [3.05, 3.63) is 71.8 Å². The number of carbonyl (C=O) groups is 2. The van der Waals surface area contributed by atoms with Crippen LogP contribution in [0.2, 0.25) is 0 Å². The first-order chi connectivity index (χ1) is 13.0. The van der Waals surface area contributed by atoms with Gasteiger partial charge in [-0.25, -0.2) is 0 Å². The Morgan fingerprint density at radius 1 is 1.11 bits per heavy atom. The van der Waals surface area contributed by atoms with Crippen molar-refractivity contribution in [1.82, 2.24) is 15.1 Å². The summed E-state index contributed by atoms with van der Waals surface area (Å²) in [5.41, 5.74) is 2.25. The molecule has 1 N–H and O–H groups in total. The average Bonchev–Trinajstić information content (AvgIpc) is 3.04. The highest BCUT2D eigenvalue weighted by Gasteiger charge is 2.34. The molecule has 5 nitrogen and oxygen atoms in total. The fourth-order valence-corrected chi connectivity index (χ4v) is 3.52. The SMILES string of the molecule is CN(C)[C@H](CNC(=O)[C@H]1CC(=O)N(Cc2ccccc2)C1)c1ccccc1. The molecule has 142 valence electrons. The number of likely N-dealkylation sites (N-methyl/N-ethyl adjacent to an activating group) is 1. The van der Waals surface area contributed by atoms with Crippen molar-refractivity contribution >= 4 is 11.8 Å². The maximum atomic E-state index is 12.6. The third-order valence-corrected chi connectivity index (χ3v) is 5.08. The van der Waals surface area contributed by atoms with Crippen LogP contribution in [-0.2, 0) is 16.1 Å². The molecule has 3 rings (SSSR count). The summed E-state index contributed by atoms with van der Waals surface area (Å²) in [6.07, 6.45) is 0.288. The average molecular weight is 365 g/mol. The van der Waals surface area contributed by atoms with Crippen LogP contribution in [0.4, 0.5) is 0 Å². The van der Waals surface area contributed by atoms with Gasteiger partial charge in [-0.2, -0.15) is 0 Å². The molecule has 1 aliphatic rings. The summed E-state index contributed by atoms with van der Waals surface area (Å²) < 4.78 is 0. The lowest BCUT2D eigenvalue weighted by Gasteiger charge is -2.25. The molecule has 1 saturated heterocycles. The molecule has 1 aliphatic heterocycles. The molecule has 5 heteroatoms. The largest absolute Gasteiger partial charge is 0.354 e. The van der Waals surface area contributed by atoms with Gasteiger partial charge in [-0.1, -0.05) is 60.7 Å². The first-order valence-electron chi connectivity index (χ1n) is 9.35. The predicted molar refractivity (Wildman–Crippen MR) is 106 cm³/mol. The summed E-state index contributed by atoms with van der Waals surface area (Å²) in [7, 11) is 4.01. The van der Waals surface area contributed by atoms with Gasteiger partial charge in [0.05, 0.1) is 12.0 Å². The predicted octanol–water partition coefficient (Wildman–Crippen LogP) is 2.45. The van der Waals surface area contributed by atoms with Gasteiger partial charge in [0.1, 0.15) is 0 Å². The number of nitrogens with zero attached hydrogens (tertiary/aromatic N) is 2. The molecule has 0 aromatic heterocycles. The van der Waals surface area contributed by atoms with E-state index >= 15 is 0 Å². The monoisotopic (exact) mass is 365 g/mol. The quantitative estimate of drug-likeness (QED) is 0.820. The second-order valence-electron chi connectivity index (χ2n) is 7.30. The van der Waals surface area contributed by atoms with E-state index in [2.05, 4.69) is 22.3 Å². The second kappa shape index (κ2) is 8.82. The Labute approximate surface area is 161 Å². The molecule has 0 unspecified atom stereocenters. The van der Waals surface area contributed by atoms with Crippen LogP contribution in [0.5, 0.6) is 0 Å². The van der Waals surface area contributed by atoms with Crippen LogP contribution in [0, 0.1) is 5.92 Å². The number of hydrogen-bond donors (Lipinski definition) is 1. The molecule has 1 heterocycles. The number of rotatable bonds is 7. The Kier molecular flexibility index (Phi) is 6.24. The van der Waals surface area contributed by atoms with Crippen molar-refractivity contribution in [3.63, 3.8) is 0 Å². The van der Waals surface area contributed by atoms with E-state index in [1.165, 1.54) is 0 Å². The molecule has 0 saturated carbocycles. The van der Waals surface area contributed by atoms with Gasteiger partial charge in [0, 0.05) is 26.1 Å². The normalized spacial score (nSPS) is 18.0. The van der Waals surface area contributed by atoms with Gasteiger partial charge in [-0.05, 0) is 25.2 Å². The van der Waals surface area contributed by atoms with Crippen LogP contribution in [0.1, 0.15) is 23.6 Å². The Morgan fingerprint density at radius 3 is 2.37 bits per heavy atom. The van der Waals surface area contributed by atoms with Crippen molar-refractivity contribution in [2.75, 3.05) is 27.2 Å². The van der Waals surface area contributed by atoms with Gasteiger partial charge < -0.3 is 15.1 Å². The van der Waals surface area contributed by atoms with Crippen molar-refractivity contribution in [2.24, 2.45) is 5.92 Å². The van der Waals surface area contributed by atoms with Gasteiger partial charge in [0.2, 0.25) is 11.8 Å². The van der Waals surface area contributed by atoms with Crippen molar-refractivity contribution in [1.29, 1.82) is 0 Å². The molecular weight excluding hydrogens is 338 g/mol. The zero-order valence-electron chi connectivity index (χ0n) is 16.0. The van der Waals surface area contributed by atoms with Crippen LogP contribution in [0.3, 0.4) is 0 Å². The summed E-state index contributed by atoms with van der Waals surface area (Å²) in [4.78, 5) is 28.8. The summed E-state index contributed by atoms with van der Waals surface area (Å²) in [6, 6.07) is 20.1. The van der Waals surface area contributed by atoms with Gasteiger partial charge in [-0.15, -0.1) is 0 Å². The topological polar surface area (TPSA) is 52.7 Å². The zero-order chi connectivity index (χ0) is 19.2. The molecule has 27 heavy (non-hydrogen) atoms. The summed E-state index contributed by atoms with van der Waals surface area (Å²) >= 11 is 0. The Balaban J connectivity index is 1.56. The Bertz CT molecular complexity index is 762. The Morgan fingerprint density at radius 2 is 1.74 bits per heavy atom. The number of hydrogen-bond acceptors (Lipinski definition) is 3. The standard InChI is InChI=1S/C22H27N3O2/c1-24(2)20(18-11-7-4-8-12-18)14-23-22(27)19-13-21(26)25(16-19)15-17-9-5-3-6-10-17/h3-12,19-20H,13-16H2,1-2H3,(H,23,27)/t19-,20+/m0/s1. The third-order valence-electron chi connectivity index (χ3n) is 5.08. The number of benzene rings is 2. The van der Waals surface area contributed by atoms with Crippen LogP contribution < -0.4 is 5.32 Å². The lowest BCUT2D eigenvalue weighted by atomic mass is 10.0. The van der Waals surface area contributed by atoms with Crippen molar-refractivity contribution in [3.8, 4) is 0 Å². The lowest BCUT2D eigenvalue weighted by molar-refractivity contribution is -0.129. The first-order valence-corrected chi connectivity index (χ1v) is 9.35. The molecule has 1 fully saturated rings. The molecule has 0 radical (unpaired) electrons. The fraction of sp³-hybridized carbons (Fsp3) is 0.364. The molecule has 2 amide bonds. The summed E-state index contributed by atoms with van der Waals surface area (Å²) in [6.45, 7) is 1.57. The first kappa shape index (κ1) is 19.1. The Hall–Kier alpha value is -2.66. The highest BCUT2D eigenvalue weighted by molar-refractivity contribution is 5.89. The second-order valence-corrected chi connectivity index (χ2v) is 7.30. The minimum Gasteiger partial charge on any atom is -0.354 e. The van der Waals surface area contributed by atoms with E-state index < -0.39 is 0 Å². The van der Waals surface area contributed by atoms with E-state index in [9.17, 15) is 9.59 Å². The van der Waals surface area contributed by atoms with Gasteiger partial charge >= 0.3 is 0 Å². The molecule has 0 spiro atoms. The minimum atomic E-state index is -0.278. The van der Waals surface area contributed by atoms with Crippen LogP contribution >= 0.6 is 0 Å². The zero-order valence-corrected chi connectivity index (χ0v) is 16.0. The molecule has 0 aliphatic carbocycles. The van der Waals surface area contributed by atoms with Crippen molar-refractivity contribution in [2.45, 2.75) is 19.0 Å². The van der Waals surface area contributed by atoms with E-state index in [1.807, 2.05) is 62.6 Å². The van der Waals surface area contributed by atoms with Gasteiger partial charge in [0.25, 0.3) is 0 Å². The number of likely N-dealkylation sites (tertiary alicyclic amines) is 1. The third kappa shape index (κ3) is 4.95. The van der Waals surface area contributed by atoms with Crippen LogP contribution in [0.15, 0.2) is 60.7 Å². The number of carbonyl (C=O) groups excluding carboxylic acids is 2. The fourth-order valence-electron chi connectivity index (χ4n) is 3.52. The van der Waals surface area contributed by atoms with Crippen molar-refractivity contribution < 1.29 is 9.59 Å². The lowest BCUT2D eigenvalue weighted by Crippen LogP contribution is -2.38. The van der Waals surface area contributed by atoms with E-state index in [0.717, 1.165) is 11.1 Å². The molecule has 0 bridgehead atoms. The van der Waals surface area contributed by atoms with Gasteiger partial charge in [-0.3, -0.25) is 9.59 Å². The van der Waals surface area contributed by atoms with Gasteiger partial charge in [0.15, 0.2) is 0 Å². The maximum absolute atomic E-state index is 12.6. The summed E-state index contributed by atoms with van der Waals surface area (Å²) in [5.74, 6) is -0.271. The highest BCUT2D eigenvalue weighted by Crippen LogP contribution is 2.21. The summed E-state index contributed by atoms with van der Waals surface area (Å²) in [5, 5.41) is 3.05. The molecule has 2 aromatic carbocycles. The maximum Gasteiger partial charge on any atom is 0.225 e. The number of nitrogens with one attached hydrogen (secondary N) is 1. The molecule has 2 atom stereocenters. The number of amides is 2. The molecular formula is C22H27N3O2. The van der Waals surface area contributed by atoms with E-state index in [-0.39, 0.29) is 30.2 Å². The smallest absolute Gasteiger partial charge is 0.225 e. The van der Waals surface area contributed by atoms with E-state index in [4.69, 9.17) is 0 Å². The van der Waals surface area contributed by atoms with Crippen LogP contribution in [0.25, 0.3) is 0 Å². The van der Waals surface area contributed by atoms with E-state index in [1.54, 1.807) is 4.90 Å². The van der Waals surface area contributed by atoms with E-state index in [0.29, 0.717) is 19.6 Å². The highest BCUT2D eigenvalue weighted by atomic mass is 16.2. The molecule has 2 aromatic rings. The minimum absolute atomic E-state index is 0.0401. The van der Waals surface area contributed by atoms with Crippen LogP contribution in [-0.4, -0.2) is 48.8 Å².